The van der Waals surface area contributed by atoms with Crippen molar-refractivity contribution in [2.24, 2.45) is 11.8 Å². The molecule has 0 spiro atoms. The Morgan fingerprint density at radius 1 is 1.02 bits per heavy atom. The number of rotatable bonds is 5. The van der Waals surface area contributed by atoms with Gasteiger partial charge in [-0.15, -0.1) is 0 Å². The van der Waals surface area contributed by atoms with Gasteiger partial charge in [-0.3, -0.25) is 4.79 Å². The first-order valence-corrected chi connectivity index (χ1v) is 15.7. The minimum Gasteiger partial charge on any atom is -0.475 e. The number of aromatic nitrogens is 2. The van der Waals surface area contributed by atoms with E-state index in [2.05, 4.69) is 28.5 Å². The van der Waals surface area contributed by atoms with E-state index in [0.29, 0.717) is 43.4 Å². The van der Waals surface area contributed by atoms with Crippen LogP contribution in [0.15, 0.2) is 53.4 Å². The van der Waals surface area contributed by atoms with E-state index < -0.39 is 10.0 Å². The highest BCUT2D eigenvalue weighted by atomic mass is 32.2. The quantitative estimate of drug-likeness (QED) is 0.441. The van der Waals surface area contributed by atoms with Gasteiger partial charge >= 0.3 is 0 Å². The van der Waals surface area contributed by atoms with Crippen LogP contribution < -0.4 is 9.46 Å². The Morgan fingerprint density at radius 3 is 2.44 bits per heavy atom. The van der Waals surface area contributed by atoms with Crippen molar-refractivity contribution in [1.82, 2.24) is 14.9 Å². The molecule has 0 radical (unpaired) electrons. The first-order chi connectivity index (χ1) is 19.6. The topological polar surface area (TPSA) is 111 Å². The summed E-state index contributed by atoms with van der Waals surface area (Å²) in [5.41, 5.74) is 3.76. The van der Waals surface area contributed by atoms with Crippen LogP contribution in [-0.4, -0.2) is 61.6 Å². The zero-order valence-corrected chi connectivity index (χ0v) is 24.9. The molecule has 4 bridgehead atoms. The van der Waals surface area contributed by atoms with Crippen LogP contribution in [0.1, 0.15) is 54.6 Å². The van der Waals surface area contributed by atoms with Gasteiger partial charge in [-0.25, -0.2) is 18.1 Å². The van der Waals surface area contributed by atoms with Gasteiger partial charge < -0.3 is 14.4 Å². The molecule has 10 heteroatoms. The average Bonchev–Trinajstić information content (AvgIpc) is 2.93. The third-order valence-corrected chi connectivity index (χ3v) is 9.05. The first-order valence-electron chi connectivity index (χ1n) is 14.2. The van der Waals surface area contributed by atoms with Crippen LogP contribution >= 0.6 is 0 Å². The molecule has 0 unspecified atom stereocenters. The smallest absolute Gasteiger partial charge is 0.264 e. The fourth-order valence-corrected chi connectivity index (χ4v) is 6.64. The Morgan fingerprint density at radius 2 is 1.73 bits per heavy atom. The Labute approximate surface area is 242 Å². The van der Waals surface area contributed by atoms with E-state index in [9.17, 15) is 13.2 Å². The van der Waals surface area contributed by atoms with Gasteiger partial charge in [-0.05, 0) is 74.3 Å². The van der Waals surface area contributed by atoms with Crippen molar-refractivity contribution >= 4 is 21.9 Å². The van der Waals surface area contributed by atoms with Gasteiger partial charge in [0.25, 0.3) is 15.9 Å². The summed E-state index contributed by atoms with van der Waals surface area (Å²) in [6, 6.07) is 13.6. The van der Waals surface area contributed by atoms with Crippen LogP contribution in [0.25, 0.3) is 11.3 Å². The van der Waals surface area contributed by atoms with E-state index in [0.717, 1.165) is 29.5 Å². The summed E-state index contributed by atoms with van der Waals surface area (Å²) in [5, 5.41) is 0. The largest absolute Gasteiger partial charge is 0.475 e. The summed E-state index contributed by atoms with van der Waals surface area (Å²) in [5.74, 6) is 0.525. The first kappa shape index (κ1) is 29.0. The lowest BCUT2D eigenvalue weighted by atomic mass is 9.96. The Balaban J connectivity index is 1.63. The lowest BCUT2D eigenvalue weighted by molar-refractivity contribution is 0.0299. The van der Waals surface area contributed by atoms with E-state index in [1.54, 1.807) is 18.2 Å². The number of sulfonamides is 1. The van der Waals surface area contributed by atoms with E-state index >= 15 is 0 Å². The third-order valence-electron chi connectivity index (χ3n) is 7.72. The van der Waals surface area contributed by atoms with E-state index in [-0.39, 0.29) is 41.2 Å². The van der Waals surface area contributed by atoms with Gasteiger partial charge in [0, 0.05) is 37.0 Å². The second-order valence-corrected chi connectivity index (χ2v) is 13.1. The Hall–Kier alpha value is -3.50. The summed E-state index contributed by atoms with van der Waals surface area (Å²) in [6.07, 6.45) is 2.45. The van der Waals surface area contributed by atoms with Crippen molar-refractivity contribution in [2.75, 3.05) is 31.1 Å². The van der Waals surface area contributed by atoms with Crippen LogP contribution in [0.2, 0.25) is 0 Å². The fraction of sp³-hybridized carbons (Fsp3) is 0.452. The molecular formula is C31H38N4O5S. The van der Waals surface area contributed by atoms with E-state index in [1.807, 2.05) is 36.9 Å². The van der Waals surface area contributed by atoms with Crippen LogP contribution in [0.5, 0.6) is 5.88 Å². The summed E-state index contributed by atoms with van der Waals surface area (Å²) < 4.78 is 41.4. The molecule has 3 heterocycles. The summed E-state index contributed by atoms with van der Waals surface area (Å²) in [6.45, 7) is 10.3. The van der Waals surface area contributed by atoms with E-state index in [4.69, 9.17) is 9.47 Å². The van der Waals surface area contributed by atoms with Gasteiger partial charge in [0.15, 0.2) is 0 Å². The second kappa shape index (κ2) is 12.2. The number of nitrogens with one attached hydrogen (secondary N) is 1. The van der Waals surface area contributed by atoms with E-state index in [1.165, 1.54) is 12.1 Å². The van der Waals surface area contributed by atoms with Crippen LogP contribution in [0.4, 0.5) is 5.95 Å². The molecule has 218 valence electrons. The van der Waals surface area contributed by atoms with Gasteiger partial charge in [-0.2, -0.15) is 4.98 Å². The maximum Gasteiger partial charge on any atom is 0.264 e. The van der Waals surface area contributed by atoms with Crippen molar-refractivity contribution in [1.29, 1.82) is 0 Å². The highest BCUT2D eigenvalue weighted by molar-refractivity contribution is 7.92. The molecule has 1 fully saturated rings. The fourth-order valence-electron chi connectivity index (χ4n) is 5.65. The van der Waals surface area contributed by atoms with Crippen molar-refractivity contribution in [3.05, 3.63) is 65.2 Å². The predicted octanol–water partition coefficient (Wildman–Crippen LogP) is 5.24. The standard InChI is InChI=1S/C31H38N4O5S/c1-20(2)15-25-19-40-28-17-27(29-21(3)7-5-8-22(29)4)32-31(33-28)34-41(37,38)26-10-6-9-24(16-26)30(36)35(25)18-23-11-13-39-14-12-23/h5-10,16-17,20,23,25H,11-15,18-19H2,1-4H3,(H,32,33,34)/t25-/m1/s1. The summed E-state index contributed by atoms with van der Waals surface area (Å²) in [4.78, 5) is 25.0. The van der Waals surface area contributed by atoms with Gasteiger partial charge in [0.1, 0.15) is 6.61 Å². The SMILES string of the molecule is Cc1cccc(C)c1-c1cc2nc(n1)NS(=O)(=O)c1cccc(c1)C(=O)N(CC1CCOCC1)[C@H](CC(C)C)CO2. The number of hydrogen-bond donors (Lipinski definition) is 1. The second-order valence-electron chi connectivity index (χ2n) is 11.4. The molecule has 1 N–H and O–H groups in total. The molecular weight excluding hydrogens is 540 g/mol. The summed E-state index contributed by atoms with van der Waals surface area (Å²) >= 11 is 0. The van der Waals surface area contributed by atoms with Gasteiger partial charge in [0.05, 0.1) is 16.6 Å². The molecule has 0 aliphatic carbocycles. The lowest BCUT2D eigenvalue weighted by Gasteiger charge is -2.36. The molecule has 2 aliphatic heterocycles. The number of hydrogen-bond acceptors (Lipinski definition) is 7. The molecule has 1 amide bonds. The average molecular weight is 579 g/mol. The highest BCUT2D eigenvalue weighted by Crippen LogP contribution is 2.31. The minimum atomic E-state index is -4.10. The number of carbonyl (C=O) groups excluding carboxylic acids is 1. The monoisotopic (exact) mass is 578 g/mol. The number of ether oxygens (including phenoxy) is 2. The molecule has 9 nitrogen and oxygen atoms in total. The maximum atomic E-state index is 14.1. The summed E-state index contributed by atoms with van der Waals surface area (Å²) in [7, 11) is -4.10. The zero-order chi connectivity index (χ0) is 29.1. The molecule has 5 rings (SSSR count). The Kier molecular flexibility index (Phi) is 8.60. The zero-order valence-electron chi connectivity index (χ0n) is 24.1. The normalized spacial score (nSPS) is 19.5. The van der Waals surface area contributed by atoms with Crippen LogP contribution in [-0.2, 0) is 14.8 Å². The number of benzene rings is 2. The molecule has 1 saturated heterocycles. The maximum absolute atomic E-state index is 14.1. The number of carbonyl (C=O) groups is 1. The van der Waals surface area contributed by atoms with Gasteiger partial charge in [-0.1, -0.05) is 38.1 Å². The highest BCUT2D eigenvalue weighted by Gasteiger charge is 2.31. The number of fused-ring (bicyclic) bond motifs is 4. The Bertz CT molecular complexity index is 1500. The molecule has 2 aromatic carbocycles. The molecule has 1 atom stereocenters. The van der Waals surface area contributed by atoms with Crippen molar-refractivity contribution in [2.45, 2.75) is 57.9 Å². The van der Waals surface area contributed by atoms with Crippen LogP contribution in [0.3, 0.4) is 0 Å². The predicted molar refractivity (Wildman–Crippen MR) is 158 cm³/mol. The van der Waals surface area contributed by atoms with Crippen LogP contribution in [0, 0.1) is 25.7 Å². The molecule has 2 aliphatic rings. The number of nitrogens with zero attached hydrogens (tertiary/aromatic N) is 3. The molecule has 41 heavy (non-hydrogen) atoms. The lowest BCUT2D eigenvalue weighted by Crippen LogP contribution is -2.47. The minimum absolute atomic E-state index is 0.0300. The van der Waals surface area contributed by atoms with Gasteiger partial charge in [0.2, 0.25) is 11.8 Å². The molecule has 0 saturated carbocycles. The number of amides is 1. The van der Waals surface area contributed by atoms with Crippen molar-refractivity contribution < 1.29 is 22.7 Å². The third kappa shape index (κ3) is 6.70. The molecule has 1 aromatic heterocycles. The van der Waals surface area contributed by atoms with Crippen molar-refractivity contribution in [3.8, 4) is 17.1 Å². The number of anilines is 1. The van der Waals surface area contributed by atoms with Crippen molar-refractivity contribution in [3.63, 3.8) is 0 Å². The number of aryl methyl sites for hydroxylation is 2. The molecule has 3 aromatic rings.